The summed E-state index contributed by atoms with van der Waals surface area (Å²) in [5.74, 6) is 0.411. The van der Waals surface area contributed by atoms with E-state index in [0.717, 1.165) is 37.0 Å². The van der Waals surface area contributed by atoms with E-state index >= 15 is 0 Å². The molecule has 20 heavy (non-hydrogen) atoms. The summed E-state index contributed by atoms with van der Waals surface area (Å²) in [7, 11) is 0. The van der Waals surface area contributed by atoms with Gasteiger partial charge in [-0.05, 0) is 31.4 Å². The van der Waals surface area contributed by atoms with E-state index in [1.54, 1.807) is 10.6 Å². The minimum Gasteiger partial charge on any atom is -0.369 e. The lowest BCUT2D eigenvalue weighted by atomic mass is 10.1. The maximum atomic E-state index is 12.4. The average Bonchev–Trinajstić information content (AvgIpc) is 2.77. The van der Waals surface area contributed by atoms with E-state index in [-0.39, 0.29) is 12.5 Å². The number of likely N-dealkylation sites (tertiary alicyclic amines) is 1. The first-order chi connectivity index (χ1) is 9.66. The third-order valence-corrected chi connectivity index (χ3v) is 4.05. The lowest BCUT2D eigenvalue weighted by Crippen LogP contribution is -2.37. The van der Waals surface area contributed by atoms with Gasteiger partial charge in [-0.25, -0.2) is 4.98 Å². The van der Waals surface area contributed by atoms with Crippen molar-refractivity contribution >= 4 is 34.5 Å². The molecule has 0 saturated carbocycles. The fourth-order valence-electron chi connectivity index (χ4n) is 2.70. The molecule has 1 aromatic carbocycles. The van der Waals surface area contributed by atoms with Crippen LogP contribution in [0, 0.1) is 0 Å². The Bertz CT molecular complexity index is 646. The Morgan fingerprint density at radius 3 is 2.80 bits per heavy atom. The molecule has 6 heteroatoms. The number of amides is 1. The van der Waals surface area contributed by atoms with E-state index in [9.17, 15) is 4.79 Å². The number of para-hydroxylation sites is 1. The number of fused-ring (bicyclic) bond motifs is 1. The average molecular weight is 293 g/mol. The van der Waals surface area contributed by atoms with Crippen LogP contribution >= 0.6 is 11.6 Å². The molecule has 1 amide bonds. The molecule has 1 aromatic heterocycles. The summed E-state index contributed by atoms with van der Waals surface area (Å²) in [4.78, 5) is 18.5. The number of carbonyl (C=O) groups is 1. The van der Waals surface area contributed by atoms with Crippen molar-refractivity contribution in [3.8, 4) is 0 Å². The third kappa shape index (κ3) is 2.33. The Hall–Kier alpha value is -1.75. The molecule has 0 unspecified atom stereocenters. The van der Waals surface area contributed by atoms with Gasteiger partial charge < -0.3 is 10.6 Å². The standard InChI is InChI=1S/C14H17ClN4O/c15-10-5-4-6-11-13(10)19(14(16)17-11)9-12(20)18-7-2-1-3-8-18/h4-6H,1-3,7-9H2,(H2,16,17). The van der Waals surface area contributed by atoms with Crippen LogP contribution in [0.5, 0.6) is 0 Å². The zero-order chi connectivity index (χ0) is 14.1. The number of piperidine rings is 1. The van der Waals surface area contributed by atoms with Gasteiger partial charge in [-0.3, -0.25) is 9.36 Å². The Morgan fingerprint density at radius 2 is 2.05 bits per heavy atom. The van der Waals surface area contributed by atoms with Crippen LogP contribution in [0.25, 0.3) is 11.0 Å². The van der Waals surface area contributed by atoms with Crippen LogP contribution in [-0.4, -0.2) is 33.4 Å². The molecule has 2 N–H and O–H groups in total. The normalized spacial score (nSPS) is 15.8. The van der Waals surface area contributed by atoms with Crippen molar-refractivity contribution in [2.24, 2.45) is 0 Å². The molecule has 1 fully saturated rings. The molecular weight excluding hydrogens is 276 g/mol. The molecule has 0 atom stereocenters. The van der Waals surface area contributed by atoms with Crippen LogP contribution in [0.1, 0.15) is 19.3 Å². The third-order valence-electron chi connectivity index (χ3n) is 3.75. The van der Waals surface area contributed by atoms with Gasteiger partial charge in [-0.2, -0.15) is 0 Å². The number of nitrogens with two attached hydrogens (primary N) is 1. The summed E-state index contributed by atoms with van der Waals surface area (Å²) in [6, 6.07) is 5.46. The first-order valence-electron chi connectivity index (χ1n) is 6.85. The fraction of sp³-hybridized carbons (Fsp3) is 0.429. The van der Waals surface area contributed by atoms with Gasteiger partial charge in [-0.15, -0.1) is 0 Å². The quantitative estimate of drug-likeness (QED) is 0.923. The second-order valence-corrected chi connectivity index (χ2v) is 5.51. The van der Waals surface area contributed by atoms with Crippen molar-refractivity contribution in [2.75, 3.05) is 18.8 Å². The molecule has 106 valence electrons. The van der Waals surface area contributed by atoms with Gasteiger partial charge in [0, 0.05) is 13.1 Å². The molecule has 0 spiro atoms. The lowest BCUT2D eigenvalue weighted by molar-refractivity contribution is -0.132. The Kier molecular flexibility index (Phi) is 3.53. The van der Waals surface area contributed by atoms with E-state index in [4.69, 9.17) is 17.3 Å². The van der Waals surface area contributed by atoms with Crippen LogP contribution in [0.15, 0.2) is 18.2 Å². The number of hydrogen-bond acceptors (Lipinski definition) is 3. The highest BCUT2D eigenvalue weighted by atomic mass is 35.5. The molecule has 3 rings (SSSR count). The lowest BCUT2D eigenvalue weighted by Gasteiger charge is -2.27. The molecule has 0 aliphatic carbocycles. The number of nitrogens with zero attached hydrogens (tertiary/aromatic N) is 3. The SMILES string of the molecule is Nc1nc2cccc(Cl)c2n1CC(=O)N1CCCCC1. The number of hydrogen-bond donors (Lipinski definition) is 1. The summed E-state index contributed by atoms with van der Waals surface area (Å²) < 4.78 is 1.70. The van der Waals surface area contributed by atoms with Crippen molar-refractivity contribution in [1.29, 1.82) is 0 Å². The zero-order valence-corrected chi connectivity index (χ0v) is 11.9. The molecule has 1 aliphatic rings. The Morgan fingerprint density at radius 1 is 1.30 bits per heavy atom. The number of anilines is 1. The highest BCUT2D eigenvalue weighted by molar-refractivity contribution is 6.35. The molecular formula is C14H17ClN4O. The van der Waals surface area contributed by atoms with Gasteiger partial charge in [0.1, 0.15) is 6.54 Å². The van der Waals surface area contributed by atoms with Crippen LogP contribution in [0.3, 0.4) is 0 Å². The minimum absolute atomic E-state index is 0.0793. The molecule has 1 saturated heterocycles. The fourth-order valence-corrected chi connectivity index (χ4v) is 2.97. The second-order valence-electron chi connectivity index (χ2n) is 5.11. The van der Waals surface area contributed by atoms with Crippen molar-refractivity contribution < 1.29 is 4.79 Å². The number of benzene rings is 1. The van der Waals surface area contributed by atoms with E-state index in [2.05, 4.69) is 4.98 Å². The Labute approximate surface area is 122 Å². The molecule has 2 heterocycles. The molecule has 0 bridgehead atoms. The number of carbonyl (C=O) groups excluding carboxylic acids is 1. The van der Waals surface area contributed by atoms with Gasteiger partial charge in [0.2, 0.25) is 11.9 Å². The summed E-state index contributed by atoms with van der Waals surface area (Å²) in [5.41, 5.74) is 7.38. The van der Waals surface area contributed by atoms with Gasteiger partial charge in [-0.1, -0.05) is 17.7 Å². The maximum Gasteiger partial charge on any atom is 0.242 e. The topological polar surface area (TPSA) is 64.1 Å². The maximum absolute atomic E-state index is 12.4. The first-order valence-corrected chi connectivity index (χ1v) is 7.22. The van der Waals surface area contributed by atoms with Gasteiger partial charge >= 0.3 is 0 Å². The summed E-state index contributed by atoms with van der Waals surface area (Å²) in [6.45, 7) is 1.87. The molecule has 1 aliphatic heterocycles. The minimum atomic E-state index is 0.0793. The van der Waals surface area contributed by atoms with Crippen molar-refractivity contribution in [3.05, 3.63) is 23.2 Å². The first kappa shape index (κ1) is 13.2. The van der Waals surface area contributed by atoms with E-state index < -0.39 is 0 Å². The van der Waals surface area contributed by atoms with E-state index in [0.29, 0.717) is 11.0 Å². The predicted octanol–water partition coefficient (Wildman–Crippen LogP) is 2.28. The van der Waals surface area contributed by atoms with Crippen LogP contribution in [0.4, 0.5) is 5.95 Å². The number of halogens is 1. The summed E-state index contributed by atoms with van der Waals surface area (Å²) in [6.07, 6.45) is 3.35. The number of imidazole rings is 1. The van der Waals surface area contributed by atoms with Crippen LogP contribution in [0.2, 0.25) is 5.02 Å². The smallest absolute Gasteiger partial charge is 0.242 e. The second kappa shape index (κ2) is 5.32. The summed E-state index contributed by atoms with van der Waals surface area (Å²) >= 11 is 6.20. The van der Waals surface area contributed by atoms with Crippen molar-refractivity contribution in [3.63, 3.8) is 0 Å². The number of aromatic nitrogens is 2. The van der Waals surface area contributed by atoms with Crippen molar-refractivity contribution in [1.82, 2.24) is 14.5 Å². The highest BCUT2D eigenvalue weighted by Gasteiger charge is 2.19. The number of rotatable bonds is 2. The van der Waals surface area contributed by atoms with Gasteiger partial charge in [0.05, 0.1) is 16.1 Å². The predicted molar refractivity (Wildman–Crippen MR) is 79.6 cm³/mol. The van der Waals surface area contributed by atoms with Gasteiger partial charge in [0.25, 0.3) is 0 Å². The van der Waals surface area contributed by atoms with E-state index in [1.807, 2.05) is 17.0 Å². The van der Waals surface area contributed by atoms with Gasteiger partial charge in [0.15, 0.2) is 0 Å². The summed E-state index contributed by atoms with van der Waals surface area (Å²) in [5, 5.41) is 0.568. The van der Waals surface area contributed by atoms with Crippen molar-refractivity contribution in [2.45, 2.75) is 25.8 Å². The molecule has 0 radical (unpaired) electrons. The largest absolute Gasteiger partial charge is 0.369 e. The number of nitrogen functional groups attached to an aromatic ring is 1. The van der Waals surface area contributed by atoms with Crippen LogP contribution in [-0.2, 0) is 11.3 Å². The van der Waals surface area contributed by atoms with Crippen LogP contribution < -0.4 is 5.73 Å². The van der Waals surface area contributed by atoms with E-state index in [1.165, 1.54) is 6.42 Å². The zero-order valence-electron chi connectivity index (χ0n) is 11.2. The highest BCUT2D eigenvalue weighted by Crippen LogP contribution is 2.25. The monoisotopic (exact) mass is 292 g/mol. The molecule has 2 aromatic rings. The Balaban J connectivity index is 1.90. The molecule has 5 nitrogen and oxygen atoms in total.